The molecule has 1 nitrogen and oxygen atoms in total. The molecule has 3 heteroatoms. The molecule has 1 aliphatic rings. The topological polar surface area (TPSA) is 17.1 Å². The van der Waals surface area contributed by atoms with E-state index in [-0.39, 0.29) is 1.80 Å². The van der Waals surface area contributed by atoms with Gasteiger partial charge in [-0.05, 0) is 0 Å². The molecule has 0 bridgehead atoms. The largest absolute Gasteiger partial charge is 0.276 e. The third-order valence-electron chi connectivity index (χ3n) is 1.50. The molecule has 60 valence electrons. The second kappa shape index (κ2) is 8.23. The Morgan fingerprint density at radius 1 is 0.800 bits per heavy atom. The van der Waals surface area contributed by atoms with Crippen LogP contribution in [0.1, 0.15) is 38.5 Å². The van der Waals surface area contributed by atoms with Crippen LogP contribution in [-0.4, -0.2) is 1.80 Å². The highest BCUT2D eigenvalue weighted by Crippen LogP contribution is 2.15. The van der Waals surface area contributed by atoms with Gasteiger partial charge >= 0.3 is 0 Å². The molecule has 0 radical (unpaired) electrons. The number of carbonyl (C=O) groups is 1. The van der Waals surface area contributed by atoms with Gasteiger partial charge in [0.15, 0.2) is 0 Å². The quantitative estimate of drug-likeness (QED) is 0.461. The Bertz CT molecular complexity index is 74.1. The number of hydrogen-bond donors (Lipinski definition) is 0. The van der Waals surface area contributed by atoms with E-state index in [0.717, 1.165) is 0 Å². The molecule has 0 aromatic rings. The van der Waals surface area contributed by atoms with Crippen molar-refractivity contribution in [2.75, 3.05) is 0 Å². The Morgan fingerprint density at radius 2 is 0.900 bits per heavy atom. The van der Waals surface area contributed by atoms with Gasteiger partial charge in [0.25, 0.3) is 1.80 Å². The fraction of sp³-hybridized carbons (Fsp3) is 0.857. The minimum Gasteiger partial charge on any atom is -0.276 e. The summed E-state index contributed by atoms with van der Waals surface area (Å²) in [5.41, 5.74) is 0. The van der Waals surface area contributed by atoms with Gasteiger partial charge in [-0.1, -0.05) is 38.5 Å². The number of hydrogen-bond acceptors (Lipinski definition) is 1. The van der Waals surface area contributed by atoms with Crippen molar-refractivity contribution in [2.45, 2.75) is 38.5 Å². The normalized spacial score (nSPS) is 17.0. The Morgan fingerprint density at radius 3 is 1.00 bits per heavy atom. The molecule has 10 heavy (non-hydrogen) atoms. The molecule has 0 atom stereocenters. The molecule has 0 aromatic heterocycles. The maximum absolute atomic E-state index is 9.42. The second-order valence-corrected chi connectivity index (χ2v) is 6.37. The van der Waals surface area contributed by atoms with Crippen LogP contribution < -0.4 is 0 Å². The highest BCUT2D eigenvalue weighted by molar-refractivity contribution is 14.2. The molecule has 0 aliphatic heterocycles. The van der Waals surface area contributed by atoms with Crippen LogP contribution in [0, 0.1) is 0 Å². The monoisotopic (exact) mass is 366 g/mol. The Hall–Kier alpha value is 1.13. The van der Waals surface area contributed by atoms with Crippen LogP contribution in [0.2, 0.25) is 0 Å². The highest BCUT2D eigenvalue weighted by Gasteiger charge is 1.95. The molecule has 0 heterocycles. The van der Waals surface area contributed by atoms with E-state index in [2.05, 4.69) is 0 Å². The molecule has 1 rings (SSSR count). The standard InChI is InChI=1S/C6H12.CI2O/c1-2-4-6-5-3-1;2-1(3)4/h1-6H2;. The van der Waals surface area contributed by atoms with Crippen LogP contribution in [0.4, 0.5) is 4.79 Å². The van der Waals surface area contributed by atoms with Crippen LogP contribution in [0.3, 0.4) is 0 Å². The van der Waals surface area contributed by atoms with Gasteiger partial charge in [0.05, 0.1) is 0 Å². The lowest BCUT2D eigenvalue weighted by Crippen LogP contribution is -1.85. The first kappa shape index (κ1) is 11.1. The smallest absolute Gasteiger partial charge is 0.251 e. The van der Waals surface area contributed by atoms with Crippen molar-refractivity contribution < 1.29 is 4.79 Å². The number of rotatable bonds is 0. The van der Waals surface area contributed by atoms with Gasteiger partial charge in [0.1, 0.15) is 0 Å². The Balaban J connectivity index is 0.000000180. The average molecular weight is 366 g/mol. The molecular weight excluding hydrogens is 354 g/mol. The van der Waals surface area contributed by atoms with E-state index in [9.17, 15) is 4.79 Å². The van der Waals surface area contributed by atoms with Gasteiger partial charge < -0.3 is 0 Å². The molecule has 0 saturated heterocycles. The lowest BCUT2D eigenvalue weighted by Gasteiger charge is -2.05. The molecule has 0 aromatic carbocycles. The van der Waals surface area contributed by atoms with Gasteiger partial charge in [-0.25, -0.2) is 0 Å². The van der Waals surface area contributed by atoms with Crippen LogP contribution in [0.15, 0.2) is 0 Å². The Labute approximate surface area is 89.6 Å². The van der Waals surface area contributed by atoms with Crippen molar-refractivity contribution in [3.05, 3.63) is 0 Å². The fourth-order valence-corrected chi connectivity index (χ4v) is 1.06. The lowest BCUT2D eigenvalue weighted by molar-refractivity contribution is 0.280. The van der Waals surface area contributed by atoms with Crippen molar-refractivity contribution in [3.63, 3.8) is 0 Å². The highest BCUT2D eigenvalue weighted by atomic mass is 127. The maximum atomic E-state index is 9.42. The zero-order chi connectivity index (χ0) is 7.82. The summed E-state index contributed by atoms with van der Waals surface area (Å²) in [7, 11) is 0. The summed E-state index contributed by atoms with van der Waals surface area (Å²) in [6, 6.07) is 0. The summed E-state index contributed by atoms with van der Waals surface area (Å²) >= 11 is 3.38. The van der Waals surface area contributed by atoms with Gasteiger partial charge in [-0.2, -0.15) is 0 Å². The van der Waals surface area contributed by atoms with Crippen molar-refractivity contribution >= 4 is 47.0 Å². The van der Waals surface area contributed by atoms with Crippen molar-refractivity contribution in [3.8, 4) is 0 Å². The second-order valence-electron chi connectivity index (χ2n) is 2.35. The summed E-state index contributed by atoms with van der Waals surface area (Å²) in [6.45, 7) is 0. The van der Waals surface area contributed by atoms with E-state index in [1.165, 1.54) is 38.5 Å². The summed E-state index contributed by atoms with van der Waals surface area (Å²) in [5.74, 6) is 0. The molecule has 1 fully saturated rings. The van der Waals surface area contributed by atoms with E-state index in [4.69, 9.17) is 0 Å². The minimum absolute atomic E-state index is 0.107. The average Bonchev–Trinajstić information content (AvgIpc) is 1.90. The van der Waals surface area contributed by atoms with E-state index < -0.39 is 0 Å². The van der Waals surface area contributed by atoms with Crippen LogP contribution >= 0.6 is 45.2 Å². The van der Waals surface area contributed by atoms with E-state index in [1.54, 1.807) is 45.2 Å². The molecule has 0 unspecified atom stereocenters. The van der Waals surface area contributed by atoms with Gasteiger partial charge in [-0.15, -0.1) is 0 Å². The third kappa shape index (κ3) is 11.9. The minimum atomic E-state index is 0.107. The van der Waals surface area contributed by atoms with E-state index in [1.807, 2.05) is 0 Å². The van der Waals surface area contributed by atoms with Crippen LogP contribution in [0.25, 0.3) is 0 Å². The zero-order valence-corrected chi connectivity index (χ0v) is 10.2. The predicted molar refractivity (Wildman–Crippen MR) is 61.1 cm³/mol. The molecule has 0 N–H and O–H groups in total. The van der Waals surface area contributed by atoms with E-state index >= 15 is 0 Å². The lowest BCUT2D eigenvalue weighted by atomic mass is 10.0. The van der Waals surface area contributed by atoms with Crippen molar-refractivity contribution in [1.29, 1.82) is 0 Å². The first-order valence-corrected chi connectivity index (χ1v) is 5.74. The van der Waals surface area contributed by atoms with Crippen LogP contribution in [-0.2, 0) is 0 Å². The molecule has 1 aliphatic carbocycles. The van der Waals surface area contributed by atoms with Crippen molar-refractivity contribution in [1.82, 2.24) is 0 Å². The summed E-state index contributed by atoms with van der Waals surface area (Å²) in [5, 5.41) is 0. The summed E-state index contributed by atoms with van der Waals surface area (Å²) in [4.78, 5) is 9.42. The first-order chi connectivity index (χ1) is 4.73. The van der Waals surface area contributed by atoms with Gasteiger partial charge in [0, 0.05) is 45.2 Å². The predicted octanol–water partition coefficient (Wildman–Crippen LogP) is 4.32. The van der Waals surface area contributed by atoms with E-state index in [0.29, 0.717) is 0 Å². The molecular formula is C7H12I2O. The molecule has 0 amide bonds. The van der Waals surface area contributed by atoms with Gasteiger partial charge in [0.2, 0.25) is 0 Å². The number of halogens is 2. The molecule has 1 saturated carbocycles. The summed E-state index contributed by atoms with van der Waals surface area (Å²) in [6.07, 6.45) is 9.00. The van der Waals surface area contributed by atoms with Crippen molar-refractivity contribution in [2.24, 2.45) is 0 Å². The maximum Gasteiger partial charge on any atom is 0.251 e. The SMILES string of the molecule is C1CCCCC1.O=C(I)I. The third-order valence-corrected chi connectivity index (χ3v) is 1.50. The zero-order valence-electron chi connectivity index (χ0n) is 5.91. The summed E-state index contributed by atoms with van der Waals surface area (Å²) < 4.78 is 0.107. The fourth-order valence-electron chi connectivity index (χ4n) is 1.06. The Kier molecular flexibility index (Phi) is 9.16. The van der Waals surface area contributed by atoms with Gasteiger partial charge in [-0.3, -0.25) is 4.79 Å². The molecule has 0 spiro atoms. The van der Waals surface area contributed by atoms with Crippen LogP contribution in [0.5, 0.6) is 0 Å². The first-order valence-electron chi connectivity index (χ1n) is 3.58. The number of carbonyl (C=O) groups excluding carboxylic acids is 1.